The summed E-state index contributed by atoms with van der Waals surface area (Å²) in [5, 5.41) is 13.9. The van der Waals surface area contributed by atoms with E-state index in [2.05, 4.69) is 48.7 Å². The van der Waals surface area contributed by atoms with Crippen LogP contribution in [0.4, 0.5) is 0 Å². The van der Waals surface area contributed by atoms with Gasteiger partial charge in [0.25, 0.3) is 0 Å². The molecule has 3 N–H and O–H groups in total. The highest BCUT2D eigenvalue weighted by molar-refractivity contribution is 7.13. The van der Waals surface area contributed by atoms with E-state index in [0.717, 1.165) is 21.7 Å². The molecule has 2 aliphatic heterocycles. The van der Waals surface area contributed by atoms with Crippen LogP contribution in [0.2, 0.25) is 0 Å². The van der Waals surface area contributed by atoms with Gasteiger partial charge >= 0.3 is 0 Å². The zero-order valence-electron chi connectivity index (χ0n) is 21.6. The predicted octanol–water partition coefficient (Wildman–Crippen LogP) is 3.60. The van der Waals surface area contributed by atoms with Gasteiger partial charge in [0, 0.05) is 24.6 Å². The Kier molecular flexibility index (Phi) is 7.07. The summed E-state index contributed by atoms with van der Waals surface area (Å²) < 4.78 is 0. The second kappa shape index (κ2) is 9.61. The summed E-state index contributed by atoms with van der Waals surface area (Å²) in [5.41, 5.74) is 6.63. The molecule has 8 nitrogen and oxygen atoms in total. The third-order valence-electron chi connectivity index (χ3n) is 6.61. The van der Waals surface area contributed by atoms with Gasteiger partial charge in [0.05, 0.1) is 34.3 Å². The van der Waals surface area contributed by atoms with Crippen molar-refractivity contribution in [3.8, 4) is 10.4 Å². The molecule has 9 heteroatoms. The van der Waals surface area contributed by atoms with Crippen LogP contribution in [0, 0.1) is 12.3 Å². The Balaban J connectivity index is 1.58. The fourth-order valence-corrected chi connectivity index (χ4v) is 5.52. The summed E-state index contributed by atoms with van der Waals surface area (Å²) in [4.78, 5) is 31.7. The fraction of sp³-hybridized carbons (Fsp3) is 0.577. The van der Waals surface area contributed by atoms with Crippen LogP contribution >= 0.6 is 11.3 Å². The first-order chi connectivity index (χ1) is 16.4. The highest BCUT2D eigenvalue weighted by Gasteiger charge is 2.46. The summed E-state index contributed by atoms with van der Waals surface area (Å²) in [5.74, 6) is 0.534. The minimum atomic E-state index is -0.932. The molecule has 1 saturated heterocycles. The van der Waals surface area contributed by atoms with Gasteiger partial charge < -0.3 is 15.3 Å². The molecular formula is C26H37N5O3S. The minimum absolute atomic E-state index is 0.0323. The molecule has 1 aromatic carbocycles. The summed E-state index contributed by atoms with van der Waals surface area (Å²) >= 11 is 1.62. The van der Waals surface area contributed by atoms with Crippen molar-refractivity contribution in [1.29, 1.82) is 0 Å². The summed E-state index contributed by atoms with van der Waals surface area (Å²) in [6.45, 7) is 14.4. The number of likely N-dealkylation sites (tertiary alicyclic amines) is 1. The maximum atomic E-state index is 13.7. The van der Waals surface area contributed by atoms with E-state index in [9.17, 15) is 9.90 Å². The van der Waals surface area contributed by atoms with Crippen LogP contribution in [0.25, 0.3) is 10.4 Å². The molecular weight excluding hydrogens is 462 g/mol. The number of carbonyl (C=O) groups excluding carboxylic acids is 1. The number of thiazole rings is 1. The number of nitrogens with zero attached hydrogens (tertiary/aromatic N) is 3. The van der Waals surface area contributed by atoms with Crippen molar-refractivity contribution in [2.45, 2.75) is 84.8 Å². The molecule has 1 aromatic heterocycles. The van der Waals surface area contributed by atoms with Crippen molar-refractivity contribution in [1.82, 2.24) is 20.7 Å². The normalized spacial score (nSPS) is 25.6. The monoisotopic (exact) mass is 499 g/mol. The Bertz CT molecular complexity index is 1090. The summed E-state index contributed by atoms with van der Waals surface area (Å²) in [6.07, 6.45) is -0.194. The van der Waals surface area contributed by atoms with Gasteiger partial charge in [-0.1, -0.05) is 58.9 Å². The molecule has 1 fully saturated rings. The average molecular weight is 500 g/mol. The number of nitrogens with one attached hydrogen (secondary N) is 2. The number of benzene rings is 1. The number of aliphatic hydroxyl groups excluding tert-OH is 1. The van der Waals surface area contributed by atoms with Gasteiger partial charge in [-0.15, -0.1) is 11.3 Å². The minimum Gasteiger partial charge on any atom is -0.391 e. The van der Waals surface area contributed by atoms with Crippen molar-refractivity contribution in [2.24, 2.45) is 10.4 Å². The maximum Gasteiger partial charge on any atom is 0.240 e. The van der Waals surface area contributed by atoms with Crippen molar-refractivity contribution in [2.75, 3.05) is 6.54 Å². The van der Waals surface area contributed by atoms with E-state index in [4.69, 9.17) is 9.83 Å². The standard InChI is InChI=1S/C26H37N5O3S/c1-15(2)28-22(25(4,5)6)24(33)31-13-19(32)12-20(31)23-29-26(7,34-30-23)18-10-8-17(9-11-18)21-16(3)27-14-35-21/h8-11,14-15,19-20,22,28,32H,12-13H2,1-7H3,(H,29,30)/t19-,20+,22?,26?/m1/s1. The SMILES string of the molecule is Cc1ncsc1-c1ccc(C2(C)N=C([C@@H]3C[C@@H](O)CN3C(=O)C(NC(C)C)C(C)(C)C)NO2)cc1. The van der Waals surface area contributed by atoms with Crippen LogP contribution in [0.3, 0.4) is 0 Å². The molecule has 4 atom stereocenters. The van der Waals surface area contributed by atoms with Gasteiger partial charge in [0.15, 0.2) is 0 Å². The second-order valence-electron chi connectivity index (χ2n) is 11.0. The van der Waals surface area contributed by atoms with E-state index in [1.165, 1.54) is 0 Å². The lowest BCUT2D eigenvalue weighted by Crippen LogP contribution is -2.57. The molecule has 2 aromatic rings. The van der Waals surface area contributed by atoms with Gasteiger partial charge in [-0.05, 0) is 24.8 Å². The van der Waals surface area contributed by atoms with Crippen molar-refractivity contribution in [3.63, 3.8) is 0 Å². The topological polar surface area (TPSA) is 99.1 Å². The molecule has 35 heavy (non-hydrogen) atoms. The van der Waals surface area contributed by atoms with E-state index in [1.54, 1.807) is 16.2 Å². The molecule has 2 unspecified atom stereocenters. The Morgan fingerprint density at radius 1 is 1.31 bits per heavy atom. The highest BCUT2D eigenvalue weighted by Crippen LogP contribution is 2.35. The first-order valence-electron chi connectivity index (χ1n) is 12.2. The lowest BCUT2D eigenvalue weighted by atomic mass is 9.85. The van der Waals surface area contributed by atoms with Crippen molar-refractivity contribution < 1.29 is 14.7 Å². The number of hydrogen-bond acceptors (Lipinski definition) is 8. The van der Waals surface area contributed by atoms with Gasteiger partial charge in [0.2, 0.25) is 11.6 Å². The number of aliphatic hydroxyl groups is 1. The molecule has 4 rings (SSSR count). The number of aryl methyl sites for hydroxylation is 1. The Labute approximate surface area is 211 Å². The van der Waals surface area contributed by atoms with Gasteiger partial charge in [-0.3, -0.25) is 4.79 Å². The third-order valence-corrected chi connectivity index (χ3v) is 7.58. The van der Waals surface area contributed by atoms with E-state index in [-0.39, 0.29) is 36.0 Å². The maximum absolute atomic E-state index is 13.7. The van der Waals surface area contributed by atoms with Gasteiger partial charge in [-0.25, -0.2) is 20.3 Å². The van der Waals surface area contributed by atoms with Crippen LogP contribution in [0.1, 0.15) is 59.2 Å². The van der Waals surface area contributed by atoms with Crippen LogP contribution in [0.5, 0.6) is 0 Å². The Morgan fingerprint density at radius 2 is 2.00 bits per heavy atom. The van der Waals surface area contributed by atoms with Gasteiger partial charge in [-0.2, -0.15) is 0 Å². The van der Waals surface area contributed by atoms with Crippen LogP contribution in [-0.4, -0.2) is 57.5 Å². The molecule has 0 aliphatic carbocycles. The van der Waals surface area contributed by atoms with E-state index in [1.807, 2.05) is 45.3 Å². The first kappa shape index (κ1) is 25.8. The number of aromatic nitrogens is 1. The number of hydroxylamine groups is 1. The molecule has 3 heterocycles. The smallest absolute Gasteiger partial charge is 0.240 e. The number of β-amino-alcohol motifs (C(OH)–C–C–N with tert-alkyl or cyclic N) is 1. The molecule has 0 bridgehead atoms. The van der Waals surface area contributed by atoms with Crippen LogP contribution in [0.15, 0.2) is 34.8 Å². The molecule has 0 saturated carbocycles. The van der Waals surface area contributed by atoms with Gasteiger partial charge in [0.1, 0.15) is 5.84 Å². The largest absolute Gasteiger partial charge is 0.391 e. The van der Waals surface area contributed by atoms with E-state index < -0.39 is 11.8 Å². The molecule has 190 valence electrons. The zero-order chi connectivity index (χ0) is 25.5. The molecule has 0 spiro atoms. The summed E-state index contributed by atoms with van der Waals surface area (Å²) in [7, 11) is 0. The van der Waals surface area contributed by atoms with Crippen LogP contribution in [-0.2, 0) is 15.4 Å². The lowest BCUT2D eigenvalue weighted by molar-refractivity contribution is -0.136. The number of aliphatic imine (C=N–C) groups is 1. The summed E-state index contributed by atoms with van der Waals surface area (Å²) in [6, 6.07) is 7.52. The first-order valence-corrected chi connectivity index (χ1v) is 13.1. The van der Waals surface area contributed by atoms with Crippen molar-refractivity contribution >= 4 is 23.1 Å². The third kappa shape index (κ3) is 5.28. The van der Waals surface area contributed by atoms with Crippen LogP contribution < -0.4 is 10.8 Å². The number of carbonyl (C=O) groups is 1. The van der Waals surface area contributed by atoms with E-state index in [0.29, 0.717) is 12.3 Å². The second-order valence-corrected chi connectivity index (χ2v) is 11.9. The fourth-order valence-electron chi connectivity index (χ4n) is 4.71. The lowest BCUT2D eigenvalue weighted by Gasteiger charge is -2.36. The molecule has 0 radical (unpaired) electrons. The number of amides is 1. The highest BCUT2D eigenvalue weighted by atomic mass is 32.1. The quantitative estimate of drug-likeness (QED) is 0.562. The predicted molar refractivity (Wildman–Crippen MR) is 139 cm³/mol. The molecule has 2 aliphatic rings. The zero-order valence-corrected chi connectivity index (χ0v) is 22.4. The Morgan fingerprint density at radius 3 is 2.57 bits per heavy atom. The number of amidine groups is 1. The number of rotatable bonds is 6. The molecule has 1 amide bonds. The number of hydrogen-bond donors (Lipinski definition) is 3. The van der Waals surface area contributed by atoms with Crippen molar-refractivity contribution in [3.05, 3.63) is 41.0 Å². The Hall–Kier alpha value is -2.33. The average Bonchev–Trinajstić information content (AvgIpc) is 3.49. The van der Waals surface area contributed by atoms with E-state index >= 15 is 0 Å².